The van der Waals surface area contributed by atoms with Crippen LogP contribution in [0, 0.1) is 11.8 Å². The highest BCUT2D eigenvalue weighted by Gasteiger charge is 2.20. The lowest BCUT2D eigenvalue weighted by Crippen LogP contribution is -2.07. The maximum absolute atomic E-state index is 4.06. The Kier molecular flexibility index (Phi) is 6.52. The van der Waals surface area contributed by atoms with Crippen LogP contribution in [-0.2, 0) is 0 Å². The summed E-state index contributed by atoms with van der Waals surface area (Å²) >= 11 is 0. The molecule has 2 atom stereocenters. The van der Waals surface area contributed by atoms with Crippen molar-refractivity contribution in [2.45, 2.75) is 38.0 Å². The van der Waals surface area contributed by atoms with Crippen molar-refractivity contribution < 1.29 is 0 Å². The lowest BCUT2D eigenvalue weighted by atomic mass is 9.82. The van der Waals surface area contributed by atoms with Gasteiger partial charge in [0.2, 0.25) is 0 Å². The largest absolute Gasteiger partial charge is 0.103 e. The monoisotopic (exact) mass is 288 g/mol. The van der Waals surface area contributed by atoms with Crippen molar-refractivity contribution in [3.8, 4) is 11.8 Å². The van der Waals surface area contributed by atoms with Gasteiger partial charge in [0.1, 0.15) is 0 Å². The van der Waals surface area contributed by atoms with Gasteiger partial charge in [-0.1, -0.05) is 86.0 Å². The Balaban J connectivity index is 2.33. The standard InChI is InChI=1S/C22H24/c1-3-5-6-13-18-22(20-16-11-8-12-17-20)21(4-2)19-14-9-7-10-15-19/h4,7-12,14-17,21-22H,2-3,5-6H2,1H3. The van der Waals surface area contributed by atoms with Crippen molar-refractivity contribution in [3.63, 3.8) is 0 Å². The molecule has 0 heteroatoms. The molecule has 0 aromatic heterocycles. The van der Waals surface area contributed by atoms with E-state index < -0.39 is 0 Å². The second-order valence-electron chi connectivity index (χ2n) is 5.49. The topological polar surface area (TPSA) is 0 Å². The first kappa shape index (κ1) is 16.1. The molecular weight excluding hydrogens is 264 g/mol. The minimum Gasteiger partial charge on any atom is -0.103 e. The summed E-state index contributed by atoms with van der Waals surface area (Å²) in [5, 5.41) is 0. The molecule has 2 rings (SSSR count). The smallest absolute Gasteiger partial charge is 0.0555 e. The summed E-state index contributed by atoms with van der Waals surface area (Å²) in [6.45, 7) is 6.26. The highest BCUT2D eigenvalue weighted by Crippen LogP contribution is 2.33. The molecule has 0 aliphatic heterocycles. The molecule has 0 bridgehead atoms. The zero-order chi connectivity index (χ0) is 15.6. The predicted octanol–water partition coefficient (Wildman–Crippen LogP) is 5.93. The zero-order valence-electron chi connectivity index (χ0n) is 13.3. The van der Waals surface area contributed by atoms with E-state index in [0.29, 0.717) is 0 Å². The molecule has 0 saturated heterocycles. The fraction of sp³-hybridized carbons (Fsp3) is 0.273. The Morgan fingerprint density at radius 3 is 2.09 bits per heavy atom. The third kappa shape index (κ3) is 4.37. The van der Waals surface area contributed by atoms with Gasteiger partial charge in [0, 0.05) is 12.3 Å². The van der Waals surface area contributed by atoms with Gasteiger partial charge in [0.05, 0.1) is 5.92 Å². The molecule has 0 radical (unpaired) electrons. The van der Waals surface area contributed by atoms with Crippen molar-refractivity contribution in [3.05, 3.63) is 84.4 Å². The van der Waals surface area contributed by atoms with Crippen molar-refractivity contribution in [2.24, 2.45) is 0 Å². The second-order valence-corrected chi connectivity index (χ2v) is 5.49. The van der Waals surface area contributed by atoms with Crippen LogP contribution in [0.5, 0.6) is 0 Å². The van der Waals surface area contributed by atoms with Crippen molar-refractivity contribution >= 4 is 0 Å². The molecule has 0 amide bonds. The molecule has 2 unspecified atom stereocenters. The van der Waals surface area contributed by atoms with Crippen LogP contribution in [0.4, 0.5) is 0 Å². The number of hydrogen-bond acceptors (Lipinski definition) is 0. The average molecular weight is 288 g/mol. The fourth-order valence-electron chi connectivity index (χ4n) is 2.63. The molecule has 0 saturated carbocycles. The van der Waals surface area contributed by atoms with Crippen molar-refractivity contribution in [1.82, 2.24) is 0 Å². The summed E-state index contributed by atoms with van der Waals surface area (Å²) in [7, 11) is 0. The van der Waals surface area contributed by atoms with Gasteiger partial charge >= 0.3 is 0 Å². The second kappa shape index (κ2) is 8.90. The first-order chi connectivity index (χ1) is 10.9. The first-order valence-corrected chi connectivity index (χ1v) is 8.07. The molecule has 0 spiro atoms. The van der Waals surface area contributed by atoms with E-state index in [9.17, 15) is 0 Å². The number of rotatable bonds is 6. The Bertz CT molecular complexity index is 613. The molecule has 0 fully saturated rings. The van der Waals surface area contributed by atoms with Crippen LogP contribution in [0.15, 0.2) is 73.3 Å². The van der Waals surface area contributed by atoms with E-state index in [4.69, 9.17) is 0 Å². The minimum atomic E-state index is 0.165. The van der Waals surface area contributed by atoms with Gasteiger partial charge in [-0.05, 0) is 17.5 Å². The molecule has 0 heterocycles. The van der Waals surface area contributed by atoms with Gasteiger partial charge in [-0.2, -0.15) is 0 Å². The molecule has 2 aromatic carbocycles. The molecule has 0 nitrogen and oxygen atoms in total. The Morgan fingerprint density at radius 1 is 0.955 bits per heavy atom. The van der Waals surface area contributed by atoms with Gasteiger partial charge in [0.15, 0.2) is 0 Å². The van der Waals surface area contributed by atoms with Crippen LogP contribution in [0.1, 0.15) is 49.1 Å². The summed E-state index contributed by atoms with van der Waals surface area (Å²) in [6, 6.07) is 21.1. The number of hydrogen-bond donors (Lipinski definition) is 0. The fourth-order valence-corrected chi connectivity index (χ4v) is 2.63. The summed E-state index contributed by atoms with van der Waals surface area (Å²) in [6.07, 6.45) is 5.35. The third-order valence-corrected chi connectivity index (χ3v) is 3.87. The Labute approximate surface area is 134 Å². The van der Waals surface area contributed by atoms with Crippen LogP contribution in [0.25, 0.3) is 0 Å². The van der Waals surface area contributed by atoms with Gasteiger partial charge in [-0.3, -0.25) is 0 Å². The average Bonchev–Trinajstić information content (AvgIpc) is 2.59. The third-order valence-electron chi connectivity index (χ3n) is 3.87. The zero-order valence-corrected chi connectivity index (χ0v) is 13.3. The summed E-state index contributed by atoms with van der Waals surface area (Å²) < 4.78 is 0. The van der Waals surface area contributed by atoms with E-state index in [-0.39, 0.29) is 11.8 Å². The number of allylic oxidation sites excluding steroid dienone is 1. The van der Waals surface area contributed by atoms with E-state index in [1.165, 1.54) is 24.0 Å². The summed E-state index contributed by atoms with van der Waals surface area (Å²) in [5.74, 6) is 7.26. The summed E-state index contributed by atoms with van der Waals surface area (Å²) in [4.78, 5) is 0. The van der Waals surface area contributed by atoms with E-state index >= 15 is 0 Å². The maximum Gasteiger partial charge on any atom is 0.0555 e. The number of benzene rings is 2. The highest BCUT2D eigenvalue weighted by atomic mass is 14.2. The lowest BCUT2D eigenvalue weighted by Gasteiger charge is -2.21. The van der Waals surface area contributed by atoms with Crippen LogP contribution in [-0.4, -0.2) is 0 Å². The normalized spacial score (nSPS) is 12.8. The molecule has 112 valence electrons. The Morgan fingerprint density at radius 2 is 1.55 bits per heavy atom. The van der Waals surface area contributed by atoms with Crippen LogP contribution >= 0.6 is 0 Å². The van der Waals surface area contributed by atoms with E-state index in [2.05, 4.69) is 79.9 Å². The Hall–Kier alpha value is -2.26. The quantitative estimate of drug-likeness (QED) is 0.351. The molecule has 2 aromatic rings. The maximum atomic E-state index is 4.06. The molecular formula is C22H24. The molecule has 0 aliphatic carbocycles. The van der Waals surface area contributed by atoms with Gasteiger partial charge in [0.25, 0.3) is 0 Å². The van der Waals surface area contributed by atoms with Crippen LogP contribution in [0.2, 0.25) is 0 Å². The predicted molar refractivity (Wildman–Crippen MR) is 95.9 cm³/mol. The molecule has 0 aliphatic rings. The molecule has 0 N–H and O–H groups in total. The van der Waals surface area contributed by atoms with E-state index in [0.717, 1.165) is 6.42 Å². The number of unbranched alkanes of at least 4 members (excludes halogenated alkanes) is 2. The van der Waals surface area contributed by atoms with E-state index in [1.54, 1.807) is 0 Å². The van der Waals surface area contributed by atoms with Crippen molar-refractivity contribution in [1.29, 1.82) is 0 Å². The molecule has 22 heavy (non-hydrogen) atoms. The van der Waals surface area contributed by atoms with Gasteiger partial charge in [-0.25, -0.2) is 0 Å². The summed E-state index contributed by atoms with van der Waals surface area (Å²) in [5.41, 5.74) is 2.54. The first-order valence-electron chi connectivity index (χ1n) is 8.07. The lowest BCUT2D eigenvalue weighted by molar-refractivity contribution is 0.756. The SMILES string of the molecule is C=CC(c1ccccc1)C(C#CCCCC)c1ccccc1. The van der Waals surface area contributed by atoms with Gasteiger partial charge < -0.3 is 0 Å². The van der Waals surface area contributed by atoms with Crippen molar-refractivity contribution in [2.75, 3.05) is 0 Å². The minimum absolute atomic E-state index is 0.165. The van der Waals surface area contributed by atoms with Crippen LogP contribution < -0.4 is 0 Å². The van der Waals surface area contributed by atoms with Gasteiger partial charge in [-0.15, -0.1) is 12.5 Å². The van der Waals surface area contributed by atoms with Crippen LogP contribution in [0.3, 0.4) is 0 Å². The highest BCUT2D eigenvalue weighted by molar-refractivity contribution is 5.37. The van der Waals surface area contributed by atoms with E-state index in [1.807, 2.05) is 12.1 Å².